The van der Waals surface area contributed by atoms with E-state index < -0.39 is 0 Å². The van der Waals surface area contributed by atoms with Crippen LogP contribution in [0.1, 0.15) is 24.0 Å². The van der Waals surface area contributed by atoms with E-state index in [4.69, 9.17) is 0 Å². The molecule has 1 N–H and O–H groups in total. The SMILES string of the molecule is Cc1c(Br)cccc1CN1CCCC(CO)C1. The predicted octanol–water partition coefficient (Wildman–Crippen LogP) is 2.96. The fraction of sp³-hybridized carbons (Fsp3) is 0.571. The van der Waals surface area contributed by atoms with Crippen LogP contribution in [-0.2, 0) is 6.54 Å². The van der Waals surface area contributed by atoms with Crippen molar-refractivity contribution in [1.82, 2.24) is 4.90 Å². The molecule has 1 heterocycles. The van der Waals surface area contributed by atoms with Gasteiger partial charge in [0.05, 0.1) is 0 Å². The van der Waals surface area contributed by atoms with Gasteiger partial charge in [0.15, 0.2) is 0 Å². The molecule has 2 nitrogen and oxygen atoms in total. The van der Waals surface area contributed by atoms with Gasteiger partial charge in [-0.3, -0.25) is 4.90 Å². The van der Waals surface area contributed by atoms with Crippen LogP contribution in [0.4, 0.5) is 0 Å². The van der Waals surface area contributed by atoms with Crippen LogP contribution in [0.2, 0.25) is 0 Å². The molecule has 17 heavy (non-hydrogen) atoms. The molecule has 1 fully saturated rings. The van der Waals surface area contributed by atoms with Gasteiger partial charge in [-0.25, -0.2) is 0 Å². The fourth-order valence-electron chi connectivity index (χ4n) is 2.51. The van der Waals surface area contributed by atoms with Crippen LogP contribution in [0, 0.1) is 12.8 Å². The maximum Gasteiger partial charge on any atom is 0.0471 e. The van der Waals surface area contributed by atoms with Crippen LogP contribution in [-0.4, -0.2) is 29.7 Å². The topological polar surface area (TPSA) is 23.5 Å². The van der Waals surface area contributed by atoms with Gasteiger partial charge < -0.3 is 5.11 Å². The molecule has 1 aliphatic rings. The molecule has 1 aliphatic heterocycles. The fourth-order valence-corrected chi connectivity index (χ4v) is 2.92. The van der Waals surface area contributed by atoms with Crippen molar-refractivity contribution in [1.29, 1.82) is 0 Å². The first-order chi connectivity index (χ1) is 8.20. The molecular formula is C14H20BrNO. The van der Waals surface area contributed by atoms with Crippen LogP contribution < -0.4 is 0 Å². The summed E-state index contributed by atoms with van der Waals surface area (Å²) in [7, 11) is 0. The number of rotatable bonds is 3. The van der Waals surface area contributed by atoms with Gasteiger partial charge in [0, 0.05) is 24.2 Å². The number of likely N-dealkylation sites (tertiary alicyclic amines) is 1. The van der Waals surface area contributed by atoms with E-state index in [-0.39, 0.29) is 0 Å². The van der Waals surface area contributed by atoms with Crippen molar-refractivity contribution >= 4 is 15.9 Å². The van der Waals surface area contributed by atoms with Gasteiger partial charge in [-0.1, -0.05) is 28.1 Å². The number of aliphatic hydroxyl groups is 1. The molecule has 94 valence electrons. The highest BCUT2D eigenvalue weighted by molar-refractivity contribution is 9.10. The molecular weight excluding hydrogens is 278 g/mol. The minimum atomic E-state index is 0.327. The highest BCUT2D eigenvalue weighted by Crippen LogP contribution is 2.23. The summed E-state index contributed by atoms with van der Waals surface area (Å²) >= 11 is 3.58. The second-order valence-corrected chi connectivity index (χ2v) is 5.80. The van der Waals surface area contributed by atoms with Crippen LogP contribution in [0.25, 0.3) is 0 Å². The molecule has 1 aromatic carbocycles. The molecule has 1 aromatic rings. The molecule has 0 aromatic heterocycles. The first-order valence-electron chi connectivity index (χ1n) is 6.28. The summed E-state index contributed by atoms with van der Waals surface area (Å²) in [4.78, 5) is 2.46. The van der Waals surface area contributed by atoms with Gasteiger partial charge >= 0.3 is 0 Å². The summed E-state index contributed by atoms with van der Waals surface area (Å²) in [5.41, 5.74) is 2.72. The van der Waals surface area contributed by atoms with Gasteiger partial charge in [-0.05, 0) is 49.4 Å². The first-order valence-corrected chi connectivity index (χ1v) is 7.07. The zero-order valence-corrected chi connectivity index (χ0v) is 11.9. The van der Waals surface area contributed by atoms with Gasteiger partial charge in [-0.2, -0.15) is 0 Å². The van der Waals surface area contributed by atoms with Gasteiger partial charge in [0.1, 0.15) is 0 Å². The molecule has 0 amide bonds. The van der Waals surface area contributed by atoms with E-state index in [0.717, 1.165) is 19.6 Å². The number of hydrogen-bond donors (Lipinski definition) is 1. The number of benzene rings is 1. The van der Waals surface area contributed by atoms with E-state index in [0.29, 0.717) is 12.5 Å². The van der Waals surface area contributed by atoms with Crippen molar-refractivity contribution in [2.75, 3.05) is 19.7 Å². The Morgan fingerprint density at radius 2 is 2.29 bits per heavy atom. The molecule has 0 aliphatic carbocycles. The van der Waals surface area contributed by atoms with Gasteiger partial charge in [0.2, 0.25) is 0 Å². The van der Waals surface area contributed by atoms with Crippen molar-refractivity contribution < 1.29 is 5.11 Å². The Morgan fingerprint density at radius 3 is 3.06 bits per heavy atom. The minimum Gasteiger partial charge on any atom is -0.396 e. The molecule has 1 atom stereocenters. The second-order valence-electron chi connectivity index (χ2n) is 4.95. The lowest BCUT2D eigenvalue weighted by molar-refractivity contribution is 0.115. The summed E-state index contributed by atoms with van der Waals surface area (Å²) in [6, 6.07) is 6.38. The number of halogens is 1. The zero-order valence-electron chi connectivity index (χ0n) is 10.3. The summed E-state index contributed by atoms with van der Waals surface area (Å²) in [6.45, 7) is 5.67. The van der Waals surface area contributed by atoms with Crippen molar-refractivity contribution in [3.63, 3.8) is 0 Å². The molecule has 0 spiro atoms. The van der Waals surface area contributed by atoms with E-state index in [2.05, 4.69) is 46.0 Å². The molecule has 0 saturated carbocycles. The quantitative estimate of drug-likeness (QED) is 0.927. The Bertz CT molecular complexity index is 380. The predicted molar refractivity (Wildman–Crippen MR) is 74.0 cm³/mol. The largest absolute Gasteiger partial charge is 0.396 e. The molecule has 1 saturated heterocycles. The van der Waals surface area contributed by atoms with Gasteiger partial charge in [-0.15, -0.1) is 0 Å². The number of piperidine rings is 1. The third-order valence-corrected chi connectivity index (χ3v) is 4.49. The van der Waals surface area contributed by atoms with E-state index in [9.17, 15) is 5.11 Å². The third kappa shape index (κ3) is 3.30. The molecule has 1 unspecified atom stereocenters. The highest BCUT2D eigenvalue weighted by Gasteiger charge is 2.19. The lowest BCUT2D eigenvalue weighted by atomic mass is 9.98. The first kappa shape index (κ1) is 13.1. The maximum absolute atomic E-state index is 9.24. The Morgan fingerprint density at radius 1 is 1.47 bits per heavy atom. The van der Waals surface area contributed by atoms with Crippen molar-refractivity contribution in [3.05, 3.63) is 33.8 Å². The lowest BCUT2D eigenvalue weighted by Crippen LogP contribution is -2.36. The van der Waals surface area contributed by atoms with Crippen LogP contribution in [0.5, 0.6) is 0 Å². The minimum absolute atomic E-state index is 0.327. The molecule has 0 bridgehead atoms. The Balaban J connectivity index is 2.02. The van der Waals surface area contributed by atoms with Crippen LogP contribution >= 0.6 is 15.9 Å². The standard InChI is InChI=1S/C14H20BrNO/c1-11-13(5-2-6-14(11)15)9-16-7-3-4-12(8-16)10-17/h2,5-6,12,17H,3-4,7-10H2,1H3. The summed E-state index contributed by atoms with van der Waals surface area (Å²) in [6.07, 6.45) is 2.38. The Kier molecular flexibility index (Phi) is 4.60. The normalized spacial score (nSPS) is 21.7. The van der Waals surface area contributed by atoms with Crippen molar-refractivity contribution in [2.45, 2.75) is 26.3 Å². The maximum atomic E-state index is 9.24. The van der Waals surface area contributed by atoms with Crippen molar-refractivity contribution in [3.8, 4) is 0 Å². The highest BCUT2D eigenvalue weighted by atomic mass is 79.9. The van der Waals surface area contributed by atoms with Gasteiger partial charge in [0.25, 0.3) is 0 Å². The molecule has 2 rings (SSSR count). The number of nitrogens with zero attached hydrogens (tertiary/aromatic N) is 1. The second kappa shape index (κ2) is 5.98. The molecule has 0 radical (unpaired) electrons. The summed E-state index contributed by atoms with van der Waals surface area (Å²) < 4.78 is 1.19. The van der Waals surface area contributed by atoms with E-state index >= 15 is 0 Å². The van der Waals surface area contributed by atoms with Crippen molar-refractivity contribution in [2.24, 2.45) is 5.92 Å². The average Bonchev–Trinajstić information content (AvgIpc) is 2.35. The third-order valence-electron chi connectivity index (χ3n) is 3.64. The van der Waals surface area contributed by atoms with E-state index in [1.807, 2.05) is 0 Å². The summed E-state index contributed by atoms with van der Waals surface area (Å²) in [5, 5.41) is 9.24. The molecule has 3 heteroatoms. The van der Waals surface area contributed by atoms with Crippen LogP contribution in [0.3, 0.4) is 0 Å². The monoisotopic (exact) mass is 297 g/mol. The number of hydrogen-bond acceptors (Lipinski definition) is 2. The average molecular weight is 298 g/mol. The Hall–Kier alpha value is -0.380. The van der Waals surface area contributed by atoms with E-state index in [1.165, 1.54) is 28.4 Å². The lowest BCUT2D eigenvalue weighted by Gasteiger charge is -2.32. The zero-order chi connectivity index (χ0) is 12.3. The van der Waals surface area contributed by atoms with E-state index in [1.54, 1.807) is 0 Å². The smallest absolute Gasteiger partial charge is 0.0471 e. The van der Waals surface area contributed by atoms with Crippen LogP contribution in [0.15, 0.2) is 22.7 Å². The number of aliphatic hydroxyl groups excluding tert-OH is 1. The summed E-state index contributed by atoms with van der Waals surface area (Å²) in [5.74, 6) is 0.469. The Labute approximate surface area is 112 Å².